The van der Waals surface area contributed by atoms with E-state index in [0.717, 1.165) is 5.56 Å². The monoisotopic (exact) mass is 253 g/mol. The van der Waals surface area contributed by atoms with Crippen LogP contribution in [0, 0.1) is 0 Å². The van der Waals surface area contributed by atoms with E-state index >= 15 is 0 Å². The van der Waals surface area contributed by atoms with Crippen molar-refractivity contribution in [3.63, 3.8) is 0 Å². The summed E-state index contributed by atoms with van der Waals surface area (Å²) in [6.45, 7) is 0.318. The van der Waals surface area contributed by atoms with Gasteiger partial charge in [0.25, 0.3) is 0 Å². The minimum Gasteiger partial charge on any atom is -0.207 e. The second kappa shape index (κ2) is 4.78. The van der Waals surface area contributed by atoms with Gasteiger partial charge in [-0.2, -0.15) is 11.3 Å². The standard InChI is InChI=1S/C11H11NO2S2/c13-16(14,11-6-7-15-9-11)12-8-10-4-2-1-3-5-10/h1-7,9,12H,8H2. The van der Waals surface area contributed by atoms with Gasteiger partial charge in [0.05, 0.1) is 4.90 Å². The van der Waals surface area contributed by atoms with Gasteiger partial charge in [0.1, 0.15) is 0 Å². The van der Waals surface area contributed by atoms with Gasteiger partial charge >= 0.3 is 0 Å². The van der Waals surface area contributed by atoms with Crippen LogP contribution >= 0.6 is 11.3 Å². The highest BCUT2D eigenvalue weighted by Crippen LogP contribution is 2.13. The summed E-state index contributed by atoms with van der Waals surface area (Å²) in [4.78, 5) is 0.327. The molecule has 1 aromatic heterocycles. The molecule has 0 atom stereocenters. The quantitative estimate of drug-likeness (QED) is 0.908. The highest BCUT2D eigenvalue weighted by Gasteiger charge is 2.13. The van der Waals surface area contributed by atoms with Crippen LogP contribution in [0.1, 0.15) is 5.56 Å². The molecule has 0 spiro atoms. The van der Waals surface area contributed by atoms with Crippen LogP contribution in [-0.4, -0.2) is 8.42 Å². The van der Waals surface area contributed by atoms with E-state index in [9.17, 15) is 8.42 Å². The molecule has 16 heavy (non-hydrogen) atoms. The van der Waals surface area contributed by atoms with Crippen LogP contribution in [0.4, 0.5) is 0 Å². The van der Waals surface area contributed by atoms with E-state index in [2.05, 4.69) is 4.72 Å². The average molecular weight is 253 g/mol. The fourth-order valence-corrected chi connectivity index (χ4v) is 3.31. The van der Waals surface area contributed by atoms with Crippen molar-refractivity contribution in [1.82, 2.24) is 4.72 Å². The zero-order valence-electron chi connectivity index (χ0n) is 8.46. The molecule has 2 aromatic rings. The Bertz CT molecular complexity index is 533. The van der Waals surface area contributed by atoms with Gasteiger partial charge in [-0.15, -0.1) is 0 Å². The molecule has 84 valence electrons. The molecule has 3 nitrogen and oxygen atoms in total. The summed E-state index contributed by atoms with van der Waals surface area (Å²) in [6, 6.07) is 11.0. The molecule has 0 saturated heterocycles. The molecule has 1 N–H and O–H groups in total. The van der Waals surface area contributed by atoms with E-state index < -0.39 is 10.0 Å². The Kier molecular flexibility index (Phi) is 3.38. The molecule has 0 saturated carbocycles. The van der Waals surface area contributed by atoms with Crippen molar-refractivity contribution in [1.29, 1.82) is 0 Å². The van der Waals surface area contributed by atoms with Gasteiger partial charge < -0.3 is 0 Å². The van der Waals surface area contributed by atoms with Crippen molar-refractivity contribution in [3.05, 3.63) is 52.7 Å². The zero-order valence-corrected chi connectivity index (χ0v) is 10.1. The molecular formula is C11H11NO2S2. The average Bonchev–Trinajstić information content (AvgIpc) is 2.82. The number of benzene rings is 1. The predicted molar refractivity (Wildman–Crippen MR) is 64.8 cm³/mol. The number of hydrogen-bond donors (Lipinski definition) is 1. The predicted octanol–water partition coefficient (Wildman–Crippen LogP) is 2.23. The largest absolute Gasteiger partial charge is 0.241 e. The maximum atomic E-state index is 11.8. The fraction of sp³-hybridized carbons (Fsp3) is 0.0909. The van der Waals surface area contributed by atoms with Gasteiger partial charge in [0.15, 0.2) is 0 Å². The van der Waals surface area contributed by atoms with Gasteiger partial charge in [-0.1, -0.05) is 30.3 Å². The highest BCUT2D eigenvalue weighted by atomic mass is 32.2. The molecule has 5 heteroatoms. The Labute approximate surface area is 98.8 Å². The first-order valence-electron chi connectivity index (χ1n) is 4.74. The number of nitrogens with one attached hydrogen (secondary N) is 1. The second-order valence-electron chi connectivity index (χ2n) is 3.27. The smallest absolute Gasteiger partial charge is 0.207 e. The summed E-state index contributed by atoms with van der Waals surface area (Å²) >= 11 is 1.37. The Balaban J connectivity index is 2.07. The number of sulfonamides is 1. The third kappa shape index (κ3) is 2.69. The first-order chi connectivity index (χ1) is 7.68. The van der Waals surface area contributed by atoms with Crippen LogP contribution in [0.25, 0.3) is 0 Å². The fourth-order valence-electron chi connectivity index (χ4n) is 1.26. The van der Waals surface area contributed by atoms with Crippen LogP contribution in [-0.2, 0) is 16.6 Å². The summed E-state index contributed by atoms with van der Waals surface area (Å²) in [5, 5.41) is 3.37. The molecule has 1 heterocycles. The highest BCUT2D eigenvalue weighted by molar-refractivity contribution is 7.89. The Morgan fingerprint density at radius 2 is 1.88 bits per heavy atom. The summed E-state index contributed by atoms with van der Waals surface area (Å²) in [5.74, 6) is 0. The van der Waals surface area contributed by atoms with Gasteiger partial charge in [0.2, 0.25) is 10.0 Å². The van der Waals surface area contributed by atoms with Crippen molar-refractivity contribution in [2.24, 2.45) is 0 Å². The van der Waals surface area contributed by atoms with E-state index in [4.69, 9.17) is 0 Å². The SMILES string of the molecule is O=S(=O)(NCc1ccccc1)c1ccsc1. The normalized spacial score (nSPS) is 11.5. The van der Waals surface area contributed by atoms with E-state index in [1.54, 1.807) is 16.8 Å². The lowest BCUT2D eigenvalue weighted by Crippen LogP contribution is -2.22. The van der Waals surface area contributed by atoms with E-state index in [1.807, 2.05) is 30.3 Å². The minimum atomic E-state index is -3.35. The number of rotatable bonds is 4. The van der Waals surface area contributed by atoms with E-state index in [1.165, 1.54) is 11.3 Å². The molecular weight excluding hydrogens is 242 g/mol. The summed E-state index contributed by atoms with van der Waals surface area (Å²) < 4.78 is 26.1. The first kappa shape index (κ1) is 11.3. The maximum absolute atomic E-state index is 11.8. The lowest BCUT2D eigenvalue weighted by Gasteiger charge is -2.04. The number of thiophene rings is 1. The summed E-state index contributed by atoms with van der Waals surface area (Å²) in [7, 11) is -3.35. The van der Waals surface area contributed by atoms with Crippen LogP contribution in [0.5, 0.6) is 0 Å². The zero-order chi connectivity index (χ0) is 11.4. The molecule has 0 radical (unpaired) electrons. The Morgan fingerprint density at radius 1 is 1.12 bits per heavy atom. The van der Waals surface area contributed by atoms with Gasteiger partial charge in [-0.25, -0.2) is 13.1 Å². The first-order valence-corrected chi connectivity index (χ1v) is 7.17. The molecule has 0 bridgehead atoms. The molecule has 0 aliphatic rings. The molecule has 2 rings (SSSR count). The van der Waals surface area contributed by atoms with Crippen molar-refractivity contribution < 1.29 is 8.42 Å². The van der Waals surface area contributed by atoms with Crippen LogP contribution in [0.2, 0.25) is 0 Å². The molecule has 0 aliphatic heterocycles. The third-order valence-corrected chi connectivity index (χ3v) is 4.35. The van der Waals surface area contributed by atoms with E-state index in [-0.39, 0.29) is 0 Å². The lowest BCUT2D eigenvalue weighted by molar-refractivity contribution is 0.581. The van der Waals surface area contributed by atoms with Crippen LogP contribution in [0.15, 0.2) is 52.1 Å². The maximum Gasteiger partial charge on any atom is 0.241 e. The Morgan fingerprint density at radius 3 is 2.50 bits per heavy atom. The summed E-state index contributed by atoms with van der Waals surface area (Å²) in [6.07, 6.45) is 0. The van der Waals surface area contributed by atoms with Crippen molar-refractivity contribution in [2.75, 3.05) is 0 Å². The van der Waals surface area contributed by atoms with Crippen molar-refractivity contribution in [3.8, 4) is 0 Å². The number of hydrogen-bond acceptors (Lipinski definition) is 3. The third-order valence-electron chi connectivity index (χ3n) is 2.11. The molecule has 0 unspecified atom stereocenters. The van der Waals surface area contributed by atoms with Crippen molar-refractivity contribution >= 4 is 21.4 Å². The summed E-state index contributed by atoms with van der Waals surface area (Å²) in [5.41, 5.74) is 0.946. The topological polar surface area (TPSA) is 46.2 Å². The van der Waals surface area contributed by atoms with Crippen LogP contribution in [0.3, 0.4) is 0 Å². The lowest BCUT2D eigenvalue weighted by atomic mass is 10.2. The van der Waals surface area contributed by atoms with Crippen LogP contribution < -0.4 is 4.72 Å². The van der Waals surface area contributed by atoms with Gasteiger partial charge in [-0.05, 0) is 17.0 Å². The van der Waals surface area contributed by atoms with Gasteiger partial charge in [-0.3, -0.25) is 0 Å². The molecule has 1 aromatic carbocycles. The van der Waals surface area contributed by atoms with Crippen molar-refractivity contribution in [2.45, 2.75) is 11.4 Å². The minimum absolute atomic E-state index is 0.318. The molecule has 0 fully saturated rings. The Hall–Kier alpha value is -1.17. The molecule has 0 amide bonds. The molecule has 0 aliphatic carbocycles. The van der Waals surface area contributed by atoms with Gasteiger partial charge in [0, 0.05) is 11.9 Å². The second-order valence-corrected chi connectivity index (χ2v) is 5.82. The van der Waals surface area contributed by atoms with E-state index in [0.29, 0.717) is 11.4 Å².